The summed E-state index contributed by atoms with van der Waals surface area (Å²) >= 11 is 0. The molecule has 0 bridgehead atoms. The van der Waals surface area contributed by atoms with Crippen LogP contribution >= 0.6 is 0 Å². The lowest BCUT2D eigenvalue weighted by Crippen LogP contribution is -2.16. The van der Waals surface area contributed by atoms with Crippen molar-refractivity contribution < 1.29 is 9.47 Å². The maximum Gasteiger partial charge on any atom is 0.127 e. The van der Waals surface area contributed by atoms with Crippen molar-refractivity contribution in [3.63, 3.8) is 0 Å². The molecule has 17 heavy (non-hydrogen) atoms. The molecule has 92 valence electrons. The van der Waals surface area contributed by atoms with Crippen molar-refractivity contribution in [3.05, 3.63) is 35.4 Å². The standard InChI is InChI=1S/C14H19NO2/c1-11(2)5-7-16-13-4-3-12-10-15-6-8-17-14(12)9-13/h3-5,9,15H,6-8,10H2,1-2H3. The van der Waals surface area contributed by atoms with Gasteiger partial charge in [0.2, 0.25) is 0 Å². The number of nitrogens with one attached hydrogen (secondary N) is 1. The third-order valence-corrected chi connectivity index (χ3v) is 2.63. The SMILES string of the molecule is CC(C)=CCOc1ccc2c(c1)OCCNC2. The van der Waals surface area contributed by atoms with Crippen LogP contribution in [-0.4, -0.2) is 19.8 Å². The Morgan fingerprint density at radius 1 is 1.47 bits per heavy atom. The Bertz CT molecular complexity index is 409. The van der Waals surface area contributed by atoms with E-state index in [4.69, 9.17) is 9.47 Å². The lowest BCUT2D eigenvalue weighted by molar-refractivity contribution is 0.319. The van der Waals surface area contributed by atoms with Gasteiger partial charge in [0.25, 0.3) is 0 Å². The van der Waals surface area contributed by atoms with Gasteiger partial charge in [0.15, 0.2) is 0 Å². The van der Waals surface area contributed by atoms with Crippen molar-refractivity contribution in [1.82, 2.24) is 5.32 Å². The molecule has 1 heterocycles. The maximum absolute atomic E-state index is 5.66. The minimum Gasteiger partial charge on any atom is -0.492 e. The van der Waals surface area contributed by atoms with E-state index < -0.39 is 0 Å². The molecule has 1 aliphatic heterocycles. The largest absolute Gasteiger partial charge is 0.492 e. The zero-order valence-corrected chi connectivity index (χ0v) is 10.5. The Hall–Kier alpha value is -1.48. The second-order valence-electron chi connectivity index (χ2n) is 4.39. The van der Waals surface area contributed by atoms with E-state index in [0.717, 1.165) is 24.6 Å². The van der Waals surface area contributed by atoms with Gasteiger partial charge in [-0.2, -0.15) is 0 Å². The predicted octanol–water partition coefficient (Wildman–Crippen LogP) is 2.51. The number of ether oxygens (including phenoxy) is 2. The first-order valence-electron chi connectivity index (χ1n) is 5.98. The van der Waals surface area contributed by atoms with E-state index in [1.54, 1.807) is 0 Å². The fourth-order valence-corrected chi connectivity index (χ4v) is 1.67. The summed E-state index contributed by atoms with van der Waals surface area (Å²) in [5.74, 6) is 1.80. The van der Waals surface area contributed by atoms with Crippen molar-refractivity contribution in [3.8, 4) is 11.5 Å². The van der Waals surface area contributed by atoms with Gasteiger partial charge < -0.3 is 14.8 Å². The van der Waals surface area contributed by atoms with Gasteiger partial charge in [-0.15, -0.1) is 0 Å². The molecule has 1 aromatic rings. The highest BCUT2D eigenvalue weighted by Crippen LogP contribution is 2.26. The minimum atomic E-state index is 0.610. The normalized spacial score (nSPS) is 14.2. The minimum absolute atomic E-state index is 0.610. The molecule has 0 saturated carbocycles. The van der Waals surface area contributed by atoms with Crippen LogP contribution in [0.4, 0.5) is 0 Å². The average molecular weight is 233 g/mol. The Balaban J connectivity index is 2.04. The van der Waals surface area contributed by atoms with Crippen LogP contribution in [0.25, 0.3) is 0 Å². The number of fused-ring (bicyclic) bond motifs is 1. The quantitative estimate of drug-likeness (QED) is 0.814. The molecule has 0 unspecified atom stereocenters. The average Bonchev–Trinajstić information content (AvgIpc) is 2.53. The summed E-state index contributed by atoms with van der Waals surface area (Å²) in [6.07, 6.45) is 2.06. The number of hydrogen-bond acceptors (Lipinski definition) is 3. The molecule has 0 aromatic heterocycles. The van der Waals surface area contributed by atoms with Gasteiger partial charge in [0.1, 0.15) is 24.7 Å². The van der Waals surface area contributed by atoms with E-state index >= 15 is 0 Å². The third-order valence-electron chi connectivity index (χ3n) is 2.63. The molecule has 0 saturated heterocycles. The summed E-state index contributed by atoms with van der Waals surface area (Å²) in [7, 11) is 0. The summed E-state index contributed by atoms with van der Waals surface area (Å²) < 4.78 is 11.3. The van der Waals surface area contributed by atoms with E-state index in [-0.39, 0.29) is 0 Å². The molecular formula is C14H19NO2. The molecule has 2 rings (SSSR count). The fourth-order valence-electron chi connectivity index (χ4n) is 1.67. The topological polar surface area (TPSA) is 30.5 Å². The van der Waals surface area contributed by atoms with Gasteiger partial charge in [0.05, 0.1) is 0 Å². The molecule has 1 N–H and O–H groups in total. The van der Waals surface area contributed by atoms with E-state index in [9.17, 15) is 0 Å². The van der Waals surface area contributed by atoms with Crippen LogP contribution in [0.3, 0.4) is 0 Å². The monoisotopic (exact) mass is 233 g/mol. The Labute approximate surface area is 102 Å². The number of hydrogen-bond donors (Lipinski definition) is 1. The van der Waals surface area contributed by atoms with Crippen molar-refractivity contribution in [2.75, 3.05) is 19.8 Å². The summed E-state index contributed by atoms with van der Waals surface area (Å²) in [6, 6.07) is 6.03. The van der Waals surface area contributed by atoms with Gasteiger partial charge in [-0.3, -0.25) is 0 Å². The van der Waals surface area contributed by atoms with Crippen LogP contribution in [0.5, 0.6) is 11.5 Å². The Morgan fingerprint density at radius 3 is 3.18 bits per heavy atom. The number of benzene rings is 1. The molecule has 0 atom stereocenters. The Morgan fingerprint density at radius 2 is 2.35 bits per heavy atom. The van der Waals surface area contributed by atoms with Crippen LogP contribution in [0, 0.1) is 0 Å². The van der Waals surface area contributed by atoms with E-state index in [1.807, 2.05) is 12.1 Å². The molecule has 1 aliphatic rings. The van der Waals surface area contributed by atoms with Crippen molar-refractivity contribution >= 4 is 0 Å². The van der Waals surface area contributed by atoms with Crippen LogP contribution in [0.1, 0.15) is 19.4 Å². The molecule has 3 nitrogen and oxygen atoms in total. The molecule has 0 radical (unpaired) electrons. The smallest absolute Gasteiger partial charge is 0.127 e. The lowest BCUT2D eigenvalue weighted by Gasteiger charge is -2.09. The summed E-state index contributed by atoms with van der Waals surface area (Å²) in [5, 5.41) is 3.31. The third kappa shape index (κ3) is 3.49. The van der Waals surface area contributed by atoms with Gasteiger partial charge in [-0.1, -0.05) is 11.6 Å². The second kappa shape index (κ2) is 5.73. The zero-order valence-electron chi connectivity index (χ0n) is 10.5. The van der Waals surface area contributed by atoms with Crippen LogP contribution < -0.4 is 14.8 Å². The van der Waals surface area contributed by atoms with E-state index in [0.29, 0.717) is 13.2 Å². The maximum atomic E-state index is 5.66. The molecular weight excluding hydrogens is 214 g/mol. The first kappa shape index (κ1) is 12.0. The zero-order chi connectivity index (χ0) is 12.1. The molecule has 0 amide bonds. The fraction of sp³-hybridized carbons (Fsp3) is 0.429. The molecule has 0 fully saturated rings. The van der Waals surface area contributed by atoms with Gasteiger partial charge in [0, 0.05) is 24.7 Å². The van der Waals surface area contributed by atoms with Gasteiger partial charge >= 0.3 is 0 Å². The highest BCUT2D eigenvalue weighted by atomic mass is 16.5. The number of rotatable bonds is 3. The number of allylic oxidation sites excluding steroid dienone is 1. The predicted molar refractivity (Wildman–Crippen MR) is 68.6 cm³/mol. The van der Waals surface area contributed by atoms with E-state index in [1.165, 1.54) is 11.1 Å². The van der Waals surface area contributed by atoms with Crippen molar-refractivity contribution in [1.29, 1.82) is 0 Å². The first-order valence-corrected chi connectivity index (χ1v) is 5.98. The summed E-state index contributed by atoms with van der Waals surface area (Å²) in [5.41, 5.74) is 2.46. The molecule has 0 aliphatic carbocycles. The van der Waals surface area contributed by atoms with Crippen LogP contribution in [0.2, 0.25) is 0 Å². The highest BCUT2D eigenvalue weighted by molar-refractivity contribution is 5.41. The summed E-state index contributed by atoms with van der Waals surface area (Å²) in [4.78, 5) is 0. The van der Waals surface area contributed by atoms with Crippen molar-refractivity contribution in [2.45, 2.75) is 20.4 Å². The second-order valence-corrected chi connectivity index (χ2v) is 4.39. The van der Waals surface area contributed by atoms with Gasteiger partial charge in [-0.05, 0) is 26.0 Å². The molecule has 0 spiro atoms. The highest BCUT2D eigenvalue weighted by Gasteiger charge is 2.09. The van der Waals surface area contributed by atoms with Crippen LogP contribution in [0.15, 0.2) is 29.8 Å². The molecule has 1 aromatic carbocycles. The Kier molecular flexibility index (Phi) is 4.04. The summed E-state index contributed by atoms with van der Waals surface area (Å²) in [6.45, 7) is 7.21. The van der Waals surface area contributed by atoms with E-state index in [2.05, 4.69) is 31.3 Å². The van der Waals surface area contributed by atoms with Crippen molar-refractivity contribution in [2.24, 2.45) is 0 Å². The van der Waals surface area contributed by atoms with Gasteiger partial charge in [-0.25, -0.2) is 0 Å². The lowest BCUT2D eigenvalue weighted by atomic mass is 10.2. The van der Waals surface area contributed by atoms with Crippen LogP contribution in [-0.2, 0) is 6.54 Å². The first-order chi connectivity index (χ1) is 8.25. The molecule has 3 heteroatoms.